The Morgan fingerprint density at radius 2 is 1.57 bits per heavy atom. The number of rotatable bonds is 6. The van der Waals surface area contributed by atoms with Crippen molar-refractivity contribution in [3.05, 3.63) is 112 Å². The maximum Gasteiger partial charge on any atom is 0.419 e. The molecule has 1 aliphatic heterocycles. The fourth-order valence-electron chi connectivity index (χ4n) is 5.43. The summed E-state index contributed by atoms with van der Waals surface area (Å²) < 4.78 is 69.0. The Balaban J connectivity index is 1.58. The van der Waals surface area contributed by atoms with Crippen LogP contribution in [0.3, 0.4) is 0 Å². The highest BCUT2D eigenvalue weighted by molar-refractivity contribution is 6.00. The van der Waals surface area contributed by atoms with Gasteiger partial charge in [0.25, 0.3) is 0 Å². The van der Waals surface area contributed by atoms with E-state index in [1.54, 1.807) is 0 Å². The third-order valence-electron chi connectivity index (χ3n) is 7.12. The highest BCUT2D eigenvalue weighted by Crippen LogP contribution is 2.44. The molecule has 1 heterocycles. The van der Waals surface area contributed by atoms with Crippen molar-refractivity contribution in [1.82, 2.24) is 4.90 Å². The molecule has 1 saturated heterocycles. The number of alkyl halides is 4. The van der Waals surface area contributed by atoms with Crippen molar-refractivity contribution in [2.75, 3.05) is 26.3 Å². The normalized spacial score (nSPS) is 16.3. The van der Waals surface area contributed by atoms with Gasteiger partial charge in [-0.3, -0.25) is 9.29 Å². The largest absolute Gasteiger partial charge is 0.419 e. The van der Waals surface area contributed by atoms with E-state index in [1.165, 1.54) is 17.7 Å². The lowest BCUT2D eigenvalue weighted by Crippen LogP contribution is -2.40. The molecule has 192 valence electrons. The van der Waals surface area contributed by atoms with Gasteiger partial charge in [0.1, 0.15) is 5.82 Å². The SMILES string of the molecule is FCCCN1CC(=Cc2ccc(C3=C(c4cccc(F)c4C(F)(F)F)CCCc4ccccc43)cc2)C1. The van der Waals surface area contributed by atoms with Gasteiger partial charge in [-0.25, -0.2) is 4.39 Å². The molecule has 1 fully saturated rings. The molecule has 2 aliphatic rings. The van der Waals surface area contributed by atoms with Gasteiger partial charge in [0.2, 0.25) is 0 Å². The first kappa shape index (κ1) is 25.4. The van der Waals surface area contributed by atoms with E-state index in [4.69, 9.17) is 0 Å². The molecule has 0 radical (unpaired) electrons. The van der Waals surface area contributed by atoms with Gasteiger partial charge in [-0.05, 0) is 76.3 Å². The molecule has 0 unspecified atom stereocenters. The molecule has 0 aromatic heterocycles. The number of likely N-dealkylation sites (tertiary alicyclic amines) is 1. The van der Waals surface area contributed by atoms with E-state index in [2.05, 4.69) is 11.0 Å². The van der Waals surface area contributed by atoms with E-state index >= 15 is 0 Å². The molecule has 1 aliphatic carbocycles. The van der Waals surface area contributed by atoms with Crippen LogP contribution in [0.2, 0.25) is 0 Å². The number of benzene rings is 3. The number of fused-ring (bicyclic) bond motifs is 1. The van der Waals surface area contributed by atoms with Crippen LogP contribution in [0.15, 0.2) is 72.3 Å². The number of allylic oxidation sites excluding steroid dienone is 1. The zero-order valence-electron chi connectivity index (χ0n) is 20.4. The van der Waals surface area contributed by atoms with Crippen LogP contribution >= 0.6 is 0 Å². The van der Waals surface area contributed by atoms with Gasteiger partial charge in [0.15, 0.2) is 0 Å². The Bertz CT molecular complexity index is 1330. The minimum absolute atomic E-state index is 0.0896. The Morgan fingerprint density at radius 1 is 0.838 bits per heavy atom. The second-order valence-corrected chi connectivity index (χ2v) is 9.70. The lowest BCUT2D eigenvalue weighted by Gasteiger charge is -2.33. The van der Waals surface area contributed by atoms with Crippen LogP contribution in [0.4, 0.5) is 22.0 Å². The molecule has 3 aromatic carbocycles. The Morgan fingerprint density at radius 3 is 2.30 bits per heavy atom. The fourth-order valence-corrected chi connectivity index (χ4v) is 5.43. The number of hydrogen-bond donors (Lipinski definition) is 0. The molecule has 0 amide bonds. The molecular formula is C31H28F5N. The first-order chi connectivity index (χ1) is 17.8. The quantitative estimate of drug-likeness (QED) is 0.303. The zero-order valence-corrected chi connectivity index (χ0v) is 20.4. The predicted molar refractivity (Wildman–Crippen MR) is 138 cm³/mol. The van der Waals surface area contributed by atoms with Gasteiger partial charge in [0.05, 0.1) is 12.2 Å². The van der Waals surface area contributed by atoms with Gasteiger partial charge >= 0.3 is 6.18 Å². The summed E-state index contributed by atoms with van der Waals surface area (Å²) >= 11 is 0. The minimum Gasteiger partial charge on any atom is -0.295 e. The standard InChI is InChI=1S/C31H28F5N/c32-16-5-17-37-19-22(20-37)18-21-12-14-24(15-13-21)29-25-8-2-1-6-23(25)7-3-9-26(29)27-10-4-11-28(33)30(27)31(34,35)36/h1-2,4,6,8,10-15,18H,3,5,7,9,16-17,19-20H2. The van der Waals surface area contributed by atoms with E-state index in [1.807, 2.05) is 48.5 Å². The van der Waals surface area contributed by atoms with Gasteiger partial charge in [-0.2, -0.15) is 13.2 Å². The fraction of sp³-hybridized carbons (Fsp3) is 0.290. The first-order valence-electron chi connectivity index (χ1n) is 12.6. The molecule has 6 heteroatoms. The van der Waals surface area contributed by atoms with Gasteiger partial charge in [-0.1, -0.05) is 66.7 Å². The van der Waals surface area contributed by atoms with Crippen LogP contribution in [0.1, 0.15) is 52.6 Å². The van der Waals surface area contributed by atoms with Crippen molar-refractivity contribution in [2.45, 2.75) is 31.9 Å². The van der Waals surface area contributed by atoms with Crippen LogP contribution in [0.5, 0.6) is 0 Å². The molecule has 0 saturated carbocycles. The third-order valence-corrected chi connectivity index (χ3v) is 7.12. The summed E-state index contributed by atoms with van der Waals surface area (Å²) in [5, 5.41) is 0. The van der Waals surface area contributed by atoms with E-state index in [0.717, 1.165) is 59.9 Å². The van der Waals surface area contributed by atoms with Crippen molar-refractivity contribution < 1.29 is 22.0 Å². The molecule has 0 spiro atoms. The van der Waals surface area contributed by atoms with E-state index < -0.39 is 17.6 Å². The molecule has 3 aromatic rings. The first-order valence-corrected chi connectivity index (χ1v) is 12.6. The molecule has 5 rings (SSSR count). The summed E-state index contributed by atoms with van der Waals surface area (Å²) in [5.41, 5.74) is 5.00. The summed E-state index contributed by atoms with van der Waals surface area (Å²) in [7, 11) is 0. The lowest BCUT2D eigenvalue weighted by molar-refractivity contribution is -0.140. The summed E-state index contributed by atoms with van der Waals surface area (Å²) in [4.78, 5) is 2.19. The average molecular weight is 510 g/mol. The molecule has 0 N–H and O–H groups in total. The monoisotopic (exact) mass is 509 g/mol. The van der Waals surface area contributed by atoms with Crippen molar-refractivity contribution in [3.8, 4) is 0 Å². The number of aryl methyl sites for hydroxylation is 1. The van der Waals surface area contributed by atoms with Crippen molar-refractivity contribution in [2.24, 2.45) is 0 Å². The Labute approximate surface area is 213 Å². The van der Waals surface area contributed by atoms with Crippen molar-refractivity contribution in [3.63, 3.8) is 0 Å². The summed E-state index contributed by atoms with van der Waals surface area (Å²) in [6, 6.07) is 19.2. The third kappa shape index (κ3) is 5.40. The second kappa shape index (κ2) is 10.6. The van der Waals surface area contributed by atoms with Gasteiger partial charge < -0.3 is 0 Å². The van der Waals surface area contributed by atoms with Crippen molar-refractivity contribution >= 4 is 17.2 Å². The minimum atomic E-state index is -4.80. The maximum atomic E-state index is 14.6. The Kier molecular flexibility index (Phi) is 7.29. The van der Waals surface area contributed by atoms with Gasteiger partial charge in [0, 0.05) is 19.6 Å². The predicted octanol–water partition coefficient (Wildman–Crippen LogP) is 8.20. The maximum absolute atomic E-state index is 14.6. The molecule has 0 atom stereocenters. The molecular weight excluding hydrogens is 481 g/mol. The van der Waals surface area contributed by atoms with Gasteiger partial charge in [-0.15, -0.1) is 0 Å². The van der Waals surface area contributed by atoms with E-state index in [-0.39, 0.29) is 12.2 Å². The van der Waals surface area contributed by atoms with E-state index in [9.17, 15) is 22.0 Å². The van der Waals surface area contributed by atoms with Crippen LogP contribution < -0.4 is 0 Å². The number of halogens is 5. The summed E-state index contributed by atoms with van der Waals surface area (Å²) in [6.45, 7) is 2.09. The topological polar surface area (TPSA) is 3.24 Å². The Hall–Kier alpha value is -3.25. The summed E-state index contributed by atoms with van der Waals surface area (Å²) in [5.74, 6) is -1.25. The zero-order chi connectivity index (χ0) is 26.0. The molecule has 37 heavy (non-hydrogen) atoms. The molecule has 0 bridgehead atoms. The van der Waals surface area contributed by atoms with Crippen LogP contribution in [0, 0.1) is 5.82 Å². The average Bonchev–Trinajstić information content (AvgIpc) is 3.04. The van der Waals surface area contributed by atoms with Crippen LogP contribution in [-0.4, -0.2) is 31.2 Å². The van der Waals surface area contributed by atoms with Crippen molar-refractivity contribution in [1.29, 1.82) is 0 Å². The highest BCUT2D eigenvalue weighted by Gasteiger charge is 2.38. The van der Waals surface area contributed by atoms with Crippen LogP contribution in [-0.2, 0) is 12.6 Å². The summed E-state index contributed by atoms with van der Waals surface area (Å²) in [6.07, 6.45) is -0.323. The lowest BCUT2D eigenvalue weighted by atomic mass is 9.85. The number of hydrogen-bond acceptors (Lipinski definition) is 1. The highest BCUT2D eigenvalue weighted by atomic mass is 19.4. The van der Waals surface area contributed by atoms with E-state index in [0.29, 0.717) is 24.8 Å². The molecule has 1 nitrogen and oxygen atoms in total. The smallest absolute Gasteiger partial charge is 0.295 e. The van der Waals surface area contributed by atoms with Crippen LogP contribution in [0.25, 0.3) is 17.2 Å². The second-order valence-electron chi connectivity index (χ2n) is 9.70. The number of nitrogens with zero attached hydrogens (tertiary/aromatic N) is 1.